The molecule has 2 aromatic carbocycles. The van der Waals surface area contributed by atoms with Crippen LogP contribution in [0.4, 0.5) is 11.4 Å². The van der Waals surface area contributed by atoms with Gasteiger partial charge in [-0.3, -0.25) is 11.7 Å². The minimum absolute atomic E-state index is 0. The van der Waals surface area contributed by atoms with E-state index in [2.05, 4.69) is 18.3 Å². The van der Waals surface area contributed by atoms with Crippen molar-refractivity contribution in [3.05, 3.63) is 77.0 Å². The number of carbonyl (C=O) groups is 2. The number of piperidine rings is 1. The standard InChI is InChI=1S/C25H27ClN3O4S2.C2H3O2.U/c1-25(2)14-20(9-10-29(25)35(32,33)15-16-5-3-7-18(27)11-16)28-19-8-4-6-17(12-19)23-21(26)13-22(34-23)24(30)31;1-2(3)4;/h3-8,11-12,20,28H,9-10,14-15,27H2,1-2H3,(H,30,31);1H2,(H,3,4);/q2*-1;+2/t20-;;/m0../s1. The molecule has 1 aliphatic heterocycles. The third-order valence-corrected chi connectivity index (χ3v) is 9.62. The number of rotatable bonds is 7. The van der Waals surface area contributed by atoms with E-state index < -0.39 is 27.5 Å². The van der Waals surface area contributed by atoms with Crippen molar-refractivity contribution >= 4 is 56.3 Å². The predicted molar refractivity (Wildman–Crippen MR) is 154 cm³/mol. The largest absolute Gasteiger partial charge is 2.00 e. The van der Waals surface area contributed by atoms with E-state index in [4.69, 9.17) is 27.2 Å². The molecule has 0 radical (unpaired) electrons. The van der Waals surface area contributed by atoms with Gasteiger partial charge in [0.15, 0.2) is 5.97 Å². The van der Waals surface area contributed by atoms with Gasteiger partial charge in [0, 0.05) is 29.5 Å². The van der Waals surface area contributed by atoms with Crippen molar-refractivity contribution in [3.63, 3.8) is 0 Å². The molecule has 0 bridgehead atoms. The van der Waals surface area contributed by atoms with Crippen molar-refractivity contribution in [2.45, 2.75) is 44.0 Å². The van der Waals surface area contributed by atoms with Gasteiger partial charge in [0.25, 0.3) is 0 Å². The van der Waals surface area contributed by atoms with Gasteiger partial charge < -0.3 is 26.1 Å². The molecule has 4 rings (SSSR count). The quantitative estimate of drug-likeness (QED) is 0.187. The predicted octanol–water partition coefficient (Wildman–Crippen LogP) is 5.24. The average molecular weight is 830 g/mol. The molecule has 5 N–H and O–H groups in total. The molecule has 0 aliphatic carbocycles. The number of nitrogens with one attached hydrogen (secondary N) is 1. The number of carboxylic acids is 2. The molecule has 1 fully saturated rings. The van der Waals surface area contributed by atoms with Gasteiger partial charge in [-0.2, -0.15) is 4.31 Å². The van der Waals surface area contributed by atoms with Crippen LogP contribution in [0, 0.1) is 44.1 Å². The second-order valence-corrected chi connectivity index (χ2v) is 13.0. The molecule has 1 aromatic heterocycles. The van der Waals surface area contributed by atoms with Crippen molar-refractivity contribution in [1.82, 2.24) is 4.31 Å². The number of hydrogen-bond acceptors (Lipinski definition) is 7. The number of benzene rings is 2. The Balaban J connectivity index is 0.00000105. The zero-order chi connectivity index (χ0) is 29.0. The molecule has 40 heavy (non-hydrogen) atoms. The normalized spacial score (nSPS) is 16.6. The van der Waals surface area contributed by atoms with E-state index in [0.717, 1.165) is 22.6 Å². The molecule has 0 saturated carbocycles. The molecule has 9 nitrogen and oxygen atoms in total. The number of nitrogen functional groups attached to an aromatic ring is 1. The zero-order valence-corrected chi connectivity index (χ0v) is 28.5. The van der Waals surface area contributed by atoms with Crippen molar-refractivity contribution < 1.29 is 59.3 Å². The first-order chi connectivity index (χ1) is 18.2. The van der Waals surface area contributed by atoms with Gasteiger partial charge in [-0.1, -0.05) is 34.9 Å². The molecule has 0 unspecified atom stereocenters. The number of halogens is 1. The summed E-state index contributed by atoms with van der Waals surface area (Å²) < 4.78 is 28.1. The van der Waals surface area contributed by atoms with Crippen molar-refractivity contribution in [3.8, 4) is 10.4 Å². The van der Waals surface area contributed by atoms with Crippen LogP contribution >= 0.6 is 22.9 Å². The number of carboxylic acid groups (broad SMARTS) is 2. The fourth-order valence-corrected chi connectivity index (χ4v) is 7.76. The first-order valence-corrected chi connectivity index (χ1v) is 14.7. The van der Waals surface area contributed by atoms with Crippen LogP contribution in [0.2, 0.25) is 5.02 Å². The summed E-state index contributed by atoms with van der Waals surface area (Å²) in [6, 6.07) is 17.3. The molecule has 212 valence electrons. The number of nitrogens with zero attached hydrogens (tertiary/aromatic N) is 1. The Morgan fingerprint density at radius 2 is 1.88 bits per heavy atom. The first-order valence-electron chi connectivity index (χ1n) is 11.9. The van der Waals surface area contributed by atoms with Crippen LogP contribution in [0.5, 0.6) is 0 Å². The summed E-state index contributed by atoms with van der Waals surface area (Å²) in [6.07, 6.45) is 1.28. The van der Waals surface area contributed by atoms with Crippen LogP contribution in [0.1, 0.15) is 41.9 Å². The van der Waals surface area contributed by atoms with Crippen molar-refractivity contribution in [2.75, 3.05) is 17.6 Å². The van der Waals surface area contributed by atoms with E-state index in [0.29, 0.717) is 35.5 Å². The smallest absolute Gasteiger partial charge is 0.534 e. The van der Waals surface area contributed by atoms with Crippen molar-refractivity contribution in [2.24, 2.45) is 0 Å². The minimum Gasteiger partial charge on any atom is -0.534 e. The maximum Gasteiger partial charge on any atom is 2.00 e. The summed E-state index contributed by atoms with van der Waals surface area (Å²) in [6.45, 7) is 6.86. The summed E-state index contributed by atoms with van der Waals surface area (Å²) in [5, 5.41) is 20.3. The van der Waals surface area contributed by atoms with Gasteiger partial charge in [-0.05, 0) is 66.3 Å². The van der Waals surface area contributed by atoms with Gasteiger partial charge in [0.2, 0.25) is 16.0 Å². The Bertz CT molecular complexity index is 1460. The maximum atomic E-state index is 13.2. The molecule has 0 spiro atoms. The third kappa shape index (κ3) is 9.16. The number of thiophene rings is 1. The fourth-order valence-electron chi connectivity index (χ4n) is 4.59. The Morgan fingerprint density at radius 3 is 2.45 bits per heavy atom. The first kappa shape index (κ1) is 34.0. The van der Waals surface area contributed by atoms with Gasteiger partial charge in [-0.25, -0.2) is 19.8 Å². The maximum absolute atomic E-state index is 13.2. The number of hydrogen-bond donors (Lipinski definition) is 4. The Morgan fingerprint density at radius 1 is 1.23 bits per heavy atom. The molecule has 0 amide bonds. The third-order valence-electron chi connectivity index (χ3n) is 6.05. The molecular weight excluding hydrogens is 800 g/mol. The fraction of sp³-hybridized carbons (Fsp3) is 0.296. The summed E-state index contributed by atoms with van der Waals surface area (Å²) in [4.78, 5) is 20.9. The van der Waals surface area contributed by atoms with Crippen LogP contribution < -0.4 is 11.1 Å². The zero-order valence-electron chi connectivity index (χ0n) is 22.0. The van der Waals surface area contributed by atoms with Gasteiger partial charge in [0.05, 0.1) is 5.75 Å². The second-order valence-electron chi connectivity index (χ2n) is 9.70. The summed E-state index contributed by atoms with van der Waals surface area (Å²) in [5.41, 5.74) is 8.13. The average Bonchev–Trinajstić information content (AvgIpc) is 3.20. The molecular formula is C27H30ClN3O6S2U. The molecule has 3 aromatic rings. The van der Waals surface area contributed by atoms with E-state index in [1.807, 2.05) is 38.1 Å². The van der Waals surface area contributed by atoms with Crippen LogP contribution in [-0.2, 0) is 20.6 Å². The molecule has 2 heterocycles. The number of anilines is 2. The Kier molecular flexibility index (Phi) is 12.0. The monoisotopic (exact) mass is 829 g/mol. The number of nitrogens with two attached hydrogens (primary N) is 1. The summed E-state index contributed by atoms with van der Waals surface area (Å²) in [7, 11) is -3.52. The van der Waals surface area contributed by atoms with Gasteiger partial charge in [-0.15, -0.1) is 17.7 Å². The van der Waals surface area contributed by atoms with E-state index in [1.54, 1.807) is 28.6 Å². The molecule has 1 saturated heterocycles. The molecule has 1 atom stereocenters. The minimum atomic E-state index is -3.52. The summed E-state index contributed by atoms with van der Waals surface area (Å²) >= 11 is 7.32. The second kappa shape index (κ2) is 14.1. The van der Waals surface area contributed by atoms with E-state index in [9.17, 15) is 18.3 Å². The molecule has 13 heteroatoms. The van der Waals surface area contributed by atoms with Crippen LogP contribution in [0.15, 0.2) is 48.5 Å². The van der Waals surface area contributed by atoms with E-state index in [1.165, 1.54) is 0 Å². The summed E-state index contributed by atoms with van der Waals surface area (Å²) in [5.74, 6) is -2.23. The van der Waals surface area contributed by atoms with Crippen LogP contribution in [0.3, 0.4) is 0 Å². The van der Waals surface area contributed by atoms with E-state index in [-0.39, 0.29) is 52.8 Å². The SMILES string of the molecule is CC1(C)C[C@@H](Nc2cccc(-c3sc(C(=O)O)[c-]c3Cl)c2)CCN1S(=O)(=O)Cc1cccc(N)c1.[CH2-]C(=O)O.[U+2]. The number of aliphatic carboxylic acids is 1. The van der Waals surface area contributed by atoms with Crippen molar-refractivity contribution in [1.29, 1.82) is 0 Å². The Labute approximate surface area is 267 Å². The van der Waals surface area contributed by atoms with Gasteiger partial charge in [0.1, 0.15) is 0 Å². The Hall–Kier alpha value is -2.20. The molecule has 1 aliphatic rings. The topological polar surface area (TPSA) is 150 Å². The number of sulfonamides is 1. The van der Waals surface area contributed by atoms with Gasteiger partial charge >= 0.3 is 31.1 Å². The van der Waals surface area contributed by atoms with Crippen LogP contribution in [-0.4, -0.2) is 53.0 Å². The van der Waals surface area contributed by atoms with E-state index >= 15 is 0 Å². The van der Waals surface area contributed by atoms with Crippen LogP contribution in [0.25, 0.3) is 10.4 Å². The number of aromatic carboxylic acids is 1.